The van der Waals surface area contributed by atoms with Crippen molar-refractivity contribution in [1.82, 2.24) is 14.5 Å². The molecule has 1 aromatic carbocycles. The van der Waals surface area contributed by atoms with Gasteiger partial charge in [0.2, 0.25) is 15.9 Å². The molecule has 1 aliphatic heterocycles. The number of carbonyl (C=O) groups excluding carboxylic acids is 1. The summed E-state index contributed by atoms with van der Waals surface area (Å²) in [5.41, 5.74) is 0.589. The molecule has 2 rings (SSSR count). The maximum atomic E-state index is 13.0. The van der Waals surface area contributed by atoms with Crippen molar-refractivity contribution in [2.75, 3.05) is 39.8 Å². The molecule has 146 valence electrons. The monoisotopic (exact) mass is 383 g/mol. The molecule has 0 unspecified atom stereocenters. The summed E-state index contributed by atoms with van der Waals surface area (Å²) >= 11 is 0. The van der Waals surface area contributed by atoms with Gasteiger partial charge in [0.1, 0.15) is 10.6 Å². The van der Waals surface area contributed by atoms with Crippen LogP contribution in [0.25, 0.3) is 0 Å². The lowest BCUT2D eigenvalue weighted by atomic mass is 10.1. The van der Waals surface area contributed by atoms with Crippen molar-refractivity contribution < 1.29 is 17.9 Å². The van der Waals surface area contributed by atoms with Crippen molar-refractivity contribution in [1.29, 1.82) is 0 Å². The van der Waals surface area contributed by atoms with Gasteiger partial charge in [-0.2, -0.15) is 4.31 Å². The summed E-state index contributed by atoms with van der Waals surface area (Å²) in [4.78, 5) is 14.2. The fraction of sp³-hybridized carbons (Fsp3) is 0.611. The zero-order chi connectivity index (χ0) is 19.5. The van der Waals surface area contributed by atoms with Crippen molar-refractivity contribution in [2.45, 2.75) is 38.1 Å². The van der Waals surface area contributed by atoms with E-state index in [1.807, 2.05) is 38.7 Å². The summed E-state index contributed by atoms with van der Waals surface area (Å²) in [6, 6.07) is 5.14. The number of hydrogen-bond acceptors (Lipinski definition) is 5. The third kappa shape index (κ3) is 5.18. The van der Waals surface area contributed by atoms with E-state index in [-0.39, 0.29) is 22.9 Å². The highest BCUT2D eigenvalue weighted by atomic mass is 32.2. The summed E-state index contributed by atoms with van der Waals surface area (Å²) in [7, 11) is -2.16. The fourth-order valence-corrected chi connectivity index (χ4v) is 4.58. The first-order valence-corrected chi connectivity index (χ1v) is 10.1. The van der Waals surface area contributed by atoms with Gasteiger partial charge in [0, 0.05) is 31.7 Å². The SMILES string of the molecule is COc1ccc(C)cc1S(=O)(=O)N1CCN(CC(=O)NC(C)(C)C)CC1. The molecule has 8 heteroatoms. The summed E-state index contributed by atoms with van der Waals surface area (Å²) < 4.78 is 32.7. The van der Waals surface area contributed by atoms with Gasteiger partial charge in [-0.05, 0) is 45.4 Å². The van der Waals surface area contributed by atoms with Crippen LogP contribution >= 0.6 is 0 Å². The molecule has 0 bridgehead atoms. The van der Waals surface area contributed by atoms with Gasteiger partial charge in [-0.25, -0.2) is 8.42 Å². The molecule has 1 aromatic rings. The third-order valence-corrected chi connectivity index (χ3v) is 6.07. The Morgan fingerprint density at radius 3 is 2.35 bits per heavy atom. The molecule has 0 spiro atoms. The molecule has 1 fully saturated rings. The van der Waals surface area contributed by atoms with Crippen LogP contribution in [0.3, 0.4) is 0 Å². The van der Waals surface area contributed by atoms with E-state index in [9.17, 15) is 13.2 Å². The van der Waals surface area contributed by atoms with Gasteiger partial charge in [0.15, 0.2) is 0 Å². The number of hydrogen-bond donors (Lipinski definition) is 1. The van der Waals surface area contributed by atoms with Crippen LogP contribution in [0, 0.1) is 6.92 Å². The van der Waals surface area contributed by atoms with Crippen LogP contribution in [0.15, 0.2) is 23.1 Å². The van der Waals surface area contributed by atoms with E-state index < -0.39 is 10.0 Å². The third-order valence-electron chi connectivity index (χ3n) is 4.15. The minimum atomic E-state index is -3.63. The van der Waals surface area contributed by atoms with E-state index >= 15 is 0 Å². The zero-order valence-electron chi connectivity index (χ0n) is 16.2. The average molecular weight is 384 g/mol. The van der Waals surface area contributed by atoms with Crippen LogP contribution in [-0.4, -0.2) is 68.9 Å². The van der Waals surface area contributed by atoms with Crippen LogP contribution < -0.4 is 10.1 Å². The number of ether oxygens (including phenoxy) is 1. The number of nitrogens with zero attached hydrogens (tertiary/aromatic N) is 2. The second kappa shape index (κ2) is 7.94. The second-order valence-electron chi connectivity index (χ2n) is 7.63. The van der Waals surface area contributed by atoms with Crippen LogP contribution in [0.5, 0.6) is 5.75 Å². The lowest BCUT2D eigenvalue weighted by Gasteiger charge is -2.34. The first-order chi connectivity index (χ1) is 12.0. The Kier molecular flexibility index (Phi) is 6.31. The molecule has 0 atom stereocenters. The molecule has 7 nitrogen and oxygen atoms in total. The van der Waals surface area contributed by atoms with Crippen molar-refractivity contribution in [3.05, 3.63) is 23.8 Å². The molecular formula is C18H29N3O4S. The highest BCUT2D eigenvalue weighted by Gasteiger charge is 2.31. The molecule has 1 saturated heterocycles. The van der Waals surface area contributed by atoms with E-state index in [1.165, 1.54) is 11.4 Å². The number of aryl methyl sites for hydroxylation is 1. The quantitative estimate of drug-likeness (QED) is 0.827. The summed E-state index contributed by atoms with van der Waals surface area (Å²) in [5.74, 6) is 0.303. The Morgan fingerprint density at radius 2 is 1.81 bits per heavy atom. The number of rotatable bonds is 5. The minimum Gasteiger partial charge on any atom is -0.495 e. The average Bonchev–Trinajstić information content (AvgIpc) is 2.53. The molecule has 1 heterocycles. The highest BCUT2D eigenvalue weighted by Crippen LogP contribution is 2.28. The number of amides is 1. The van der Waals surface area contributed by atoms with Gasteiger partial charge in [0.25, 0.3) is 0 Å². The maximum Gasteiger partial charge on any atom is 0.246 e. The Bertz CT molecular complexity index is 748. The van der Waals surface area contributed by atoms with E-state index in [1.54, 1.807) is 12.1 Å². The molecule has 0 saturated carbocycles. The summed E-state index contributed by atoms with van der Waals surface area (Å²) in [5, 5.41) is 2.93. The Labute approximate surface area is 156 Å². The van der Waals surface area contributed by atoms with E-state index in [0.29, 0.717) is 31.9 Å². The van der Waals surface area contributed by atoms with Crippen molar-refractivity contribution in [2.24, 2.45) is 0 Å². The maximum absolute atomic E-state index is 13.0. The van der Waals surface area contributed by atoms with E-state index in [2.05, 4.69) is 5.32 Å². The van der Waals surface area contributed by atoms with Gasteiger partial charge >= 0.3 is 0 Å². The molecule has 0 aliphatic carbocycles. The molecule has 1 N–H and O–H groups in total. The molecule has 1 amide bonds. The lowest BCUT2D eigenvalue weighted by molar-refractivity contribution is -0.123. The van der Waals surface area contributed by atoms with Crippen LogP contribution in [0.4, 0.5) is 0 Å². The Hall–Kier alpha value is -1.64. The molecule has 1 aliphatic rings. The normalized spacial score (nSPS) is 17.1. The number of sulfonamides is 1. The van der Waals surface area contributed by atoms with Gasteiger partial charge < -0.3 is 10.1 Å². The topological polar surface area (TPSA) is 79.0 Å². The van der Waals surface area contributed by atoms with Gasteiger partial charge in [0.05, 0.1) is 13.7 Å². The largest absolute Gasteiger partial charge is 0.495 e. The van der Waals surface area contributed by atoms with Crippen molar-refractivity contribution in [3.63, 3.8) is 0 Å². The first-order valence-electron chi connectivity index (χ1n) is 8.71. The number of benzene rings is 1. The Morgan fingerprint density at radius 1 is 1.19 bits per heavy atom. The number of methoxy groups -OCH3 is 1. The van der Waals surface area contributed by atoms with Crippen LogP contribution in [0.1, 0.15) is 26.3 Å². The van der Waals surface area contributed by atoms with Crippen molar-refractivity contribution in [3.8, 4) is 5.75 Å². The molecule has 0 aromatic heterocycles. The smallest absolute Gasteiger partial charge is 0.246 e. The van der Waals surface area contributed by atoms with Crippen LogP contribution in [0.2, 0.25) is 0 Å². The molecular weight excluding hydrogens is 354 g/mol. The van der Waals surface area contributed by atoms with E-state index in [0.717, 1.165) is 5.56 Å². The number of carbonyl (C=O) groups is 1. The van der Waals surface area contributed by atoms with Gasteiger partial charge in [-0.15, -0.1) is 0 Å². The number of piperazine rings is 1. The first kappa shape index (κ1) is 20.7. The van der Waals surface area contributed by atoms with Crippen molar-refractivity contribution >= 4 is 15.9 Å². The zero-order valence-corrected chi connectivity index (χ0v) is 17.0. The number of nitrogens with one attached hydrogen (secondary N) is 1. The Balaban J connectivity index is 2.03. The predicted octanol–water partition coefficient (Wildman–Crippen LogP) is 1.22. The summed E-state index contributed by atoms with van der Waals surface area (Å²) in [6.45, 7) is 9.67. The molecule has 26 heavy (non-hydrogen) atoms. The van der Waals surface area contributed by atoms with Crippen LogP contribution in [-0.2, 0) is 14.8 Å². The predicted molar refractivity (Wildman–Crippen MR) is 101 cm³/mol. The fourth-order valence-electron chi connectivity index (χ4n) is 2.91. The minimum absolute atomic E-state index is 0.0471. The standard InChI is InChI=1S/C18H29N3O4S/c1-14-6-7-15(25-5)16(12-14)26(23,24)21-10-8-20(9-11-21)13-17(22)19-18(2,3)4/h6-7,12H,8-11,13H2,1-5H3,(H,19,22). The van der Waals surface area contributed by atoms with Gasteiger partial charge in [-0.1, -0.05) is 6.07 Å². The second-order valence-corrected chi connectivity index (χ2v) is 9.54. The van der Waals surface area contributed by atoms with E-state index in [4.69, 9.17) is 4.74 Å². The molecule has 0 radical (unpaired) electrons. The summed E-state index contributed by atoms with van der Waals surface area (Å²) in [6.07, 6.45) is 0. The van der Waals surface area contributed by atoms with Gasteiger partial charge in [-0.3, -0.25) is 9.69 Å². The lowest BCUT2D eigenvalue weighted by Crippen LogP contribution is -2.52. The highest BCUT2D eigenvalue weighted by molar-refractivity contribution is 7.89.